The number of pyridine rings is 1. The summed E-state index contributed by atoms with van der Waals surface area (Å²) < 4.78 is 2.17. The largest absolute Gasteiger partial charge is 0.382 e. The summed E-state index contributed by atoms with van der Waals surface area (Å²) in [4.78, 5) is 14.6. The van der Waals surface area contributed by atoms with Gasteiger partial charge in [0.1, 0.15) is 22.9 Å². The number of aromatic nitrogens is 4. The molecule has 7 rings (SSSR count). The van der Waals surface area contributed by atoms with E-state index in [9.17, 15) is 0 Å². The molecule has 0 unspecified atom stereocenters. The molecule has 4 aromatic rings. The van der Waals surface area contributed by atoms with Gasteiger partial charge in [-0.2, -0.15) is 0 Å². The standard InChI is InChI=1S/C31H34N6/c32-30-29-28(22-12-11-21-13-14-26(35-27(21)19-22)20-7-3-1-4-8-20)36-31(37(29)16-15-33-30)23-17-25(18-23)34-24-9-5-2-6-10-24/h3,7-8,11-16,19,23-25,34H,1-2,4-6,9-10,17-18H2,(H2,32,33). The molecule has 6 nitrogen and oxygen atoms in total. The van der Waals surface area contributed by atoms with Crippen LogP contribution in [0.25, 0.3) is 33.3 Å². The van der Waals surface area contributed by atoms with Crippen molar-refractivity contribution in [3.8, 4) is 11.3 Å². The lowest BCUT2D eigenvalue weighted by molar-refractivity contribution is 0.232. The molecule has 6 heteroatoms. The van der Waals surface area contributed by atoms with E-state index in [4.69, 9.17) is 15.7 Å². The topological polar surface area (TPSA) is 81.1 Å². The maximum absolute atomic E-state index is 6.44. The normalized spacial score (nSPS) is 22.3. The minimum atomic E-state index is 0.430. The van der Waals surface area contributed by atoms with Crippen LogP contribution in [-0.2, 0) is 0 Å². The van der Waals surface area contributed by atoms with Crippen LogP contribution in [0.2, 0.25) is 0 Å². The van der Waals surface area contributed by atoms with Crippen LogP contribution in [0.15, 0.2) is 61.0 Å². The Morgan fingerprint density at radius 1 is 0.946 bits per heavy atom. The van der Waals surface area contributed by atoms with Crippen molar-refractivity contribution >= 4 is 27.8 Å². The second-order valence-corrected chi connectivity index (χ2v) is 11.0. The molecule has 3 aliphatic carbocycles. The van der Waals surface area contributed by atoms with E-state index in [0.29, 0.717) is 23.8 Å². The first-order valence-electron chi connectivity index (χ1n) is 13.9. The Kier molecular flexibility index (Phi) is 5.77. The molecule has 37 heavy (non-hydrogen) atoms. The number of anilines is 1. The molecule has 0 amide bonds. The summed E-state index contributed by atoms with van der Waals surface area (Å²) in [7, 11) is 0. The Labute approximate surface area is 217 Å². The third-order valence-corrected chi connectivity index (χ3v) is 8.45. The Balaban J connectivity index is 1.21. The summed E-state index contributed by atoms with van der Waals surface area (Å²) in [6, 6.07) is 12.0. The Hall–Kier alpha value is -3.51. The molecular weight excluding hydrogens is 456 g/mol. The van der Waals surface area contributed by atoms with Crippen LogP contribution in [0.3, 0.4) is 0 Å². The Morgan fingerprint density at radius 3 is 2.65 bits per heavy atom. The van der Waals surface area contributed by atoms with Crippen LogP contribution in [0.4, 0.5) is 5.82 Å². The highest BCUT2D eigenvalue weighted by molar-refractivity contribution is 5.91. The van der Waals surface area contributed by atoms with Crippen molar-refractivity contribution in [3.05, 3.63) is 72.5 Å². The quantitative estimate of drug-likeness (QED) is 0.337. The molecule has 0 spiro atoms. The van der Waals surface area contributed by atoms with Gasteiger partial charge in [0, 0.05) is 41.3 Å². The predicted molar refractivity (Wildman–Crippen MR) is 150 cm³/mol. The maximum Gasteiger partial charge on any atom is 0.150 e. The van der Waals surface area contributed by atoms with E-state index in [-0.39, 0.29) is 0 Å². The van der Waals surface area contributed by atoms with Gasteiger partial charge in [-0.3, -0.25) is 4.40 Å². The van der Waals surface area contributed by atoms with E-state index in [0.717, 1.165) is 64.9 Å². The molecule has 3 aliphatic rings. The van der Waals surface area contributed by atoms with E-state index >= 15 is 0 Å². The lowest BCUT2D eigenvalue weighted by atomic mass is 9.78. The van der Waals surface area contributed by atoms with Crippen LogP contribution in [0.5, 0.6) is 0 Å². The second kappa shape index (κ2) is 9.42. The zero-order valence-electron chi connectivity index (χ0n) is 21.2. The van der Waals surface area contributed by atoms with Gasteiger partial charge in [-0.1, -0.05) is 55.7 Å². The fourth-order valence-corrected chi connectivity index (χ4v) is 6.37. The number of fused-ring (bicyclic) bond motifs is 2. The summed E-state index contributed by atoms with van der Waals surface area (Å²) in [5.41, 5.74) is 12.5. The second-order valence-electron chi connectivity index (χ2n) is 11.0. The maximum atomic E-state index is 6.44. The molecule has 0 radical (unpaired) electrons. The predicted octanol–water partition coefficient (Wildman–Crippen LogP) is 6.43. The minimum Gasteiger partial charge on any atom is -0.382 e. The van der Waals surface area contributed by atoms with Gasteiger partial charge in [-0.25, -0.2) is 15.0 Å². The summed E-state index contributed by atoms with van der Waals surface area (Å²) in [5.74, 6) is 2.05. The molecular formula is C31H34N6. The van der Waals surface area contributed by atoms with Gasteiger partial charge in [0.05, 0.1) is 11.2 Å². The van der Waals surface area contributed by atoms with Gasteiger partial charge < -0.3 is 11.1 Å². The van der Waals surface area contributed by atoms with Gasteiger partial charge >= 0.3 is 0 Å². The van der Waals surface area contributed by atoms with Crippen molar-refractivity contribution < 1.29 is 0 Å². The highest BCUT2D eigenvalue weighted by atomic mass is 15.1. The zero-order valence-corrected chi connectivity index (χ0v) is 21.2. The molecule has 1 aromatic carbocycles. The van der Waals surface area contributed by atoms with Crippen molar-refractivity contribution in [1.82, 2.24) is 24.7 Å². The van der Waals surface area contributed by atoms with E-state index in [1.807, 2.05) is 6.20 Å². The number of nitrogens with zero attached hydrogens (tertiary/aromatic N) is 4. The molecule has 3 heterocycles. The summed E-state index contributed by atoms with van der Waals surface area (Å²) in [6.07, 6.45) is 21.7. The third kappa shape index (κ3) is 4.23. The third-order valence-electron chi connectivity index (χ3n) is 8.45. The number of rotatable bonds is 5. The molecule has 188 valence electrons. The first-order valence-corrected chi connectivity index (χ1v) is 13.9. The molecule has 2 saturated carbocycles. The van der Waals surface area contributed by atoms with Crippen LogP contribution in [-0.4, -0.2) is 31.4 Å². The highest BCUT2D eigenvalue weighted by Crippen LogP contribution is 2.40. The molecule has 2 fully saturated rings. The van der Waals surface area contributed by atoms with E-state index in [2.05, 4.69) is 63.3 Å². The summed E-state index contributed by atoms with van der Waals surface area (Å²) in [6.45, 7) is 0. The Bertz CT molecular complexity index is 1520. The van der Waals surface area contributed by atoms with E-state index in [1.165, 1.54) is 37.7 Å². The van der Waals surface area contributed by atoms with Gasteiger partial charge in [0.25, 0.3) is 0 Å². The number of benzene rings is 1. The number of nitrogens with one attached hydrogen (secondary N) is 1. The van der Waals surface area contributed by atoms with E-state index in [1.54, 1.807) is 6.20 Å². The van der Waals surface area contributed by atoms with Crippen LogP contribution in [0.1, 0.15) is 75.2 Å². The van der Waals surface area contributed by atoms with Crippen molar-refractivity contribution in [3.63, 3.8) is 0 Å². The van der Waals surface area contributed by atoms with Crippen molar-refractivity contribution in [2.24, 2.45) is 0 Å². The lowest BCUT2D eigenvalue weighted by Crippen LogP contribution is -2.46. The summed E-state index contributed by atoms with van der Waals surface area (Å²) in [5, 5.41) is 5.04. The smallest absolute Gasteiger partial charge is 0.150 e. The minimum absolute atomic E-state index is 0.430. The van der Waals surface area contributed by atoms with E-state index < -0.39 is 0 Å². The van der Waals surface area contributed by atoms with Crippen LogP contribution in [0, 0.1) is 0 Å². The number of hydrogen-bond donors (Lipinski definition) is 2. The van der Waals surface area contributed by atoms with Crippen LogP contribution >= 0.6 is 0 Å². The number of nitrogens with two attached hydrogens (primary N) is 1. The fraction of sp³-hybridized carbons (Fsp3) is 0.387. The number of hydrogen-bond acceptors (Lipinski definition) is 5. The molecule has 3 N–H and O–H groups in total. The Morgan fingerprint density at radius 2 is 1.81 bits per heavy atom. The summed E-state index contributed by atoms with van der Waals surface area (Å²) >= 11 is 0. The molecule has 0 bridgehead atoms. The molecule has 0 atom stereocenters. The first kappa shape index (κ1) is 22.7. The number of imidazole rings is 1. The monoisotopic (exact) mass is 490 g/mol. The van der Waals surface area contributed by atoms with Gasteiger partial charge in [-0.05, 0) is 56.2 Å². The van der Waals surface area contributed by atoms with Crippen molar-refractivity contribution in [2.45, 2.75) is 75.8 Å². The van der Waals surface area contributed by atoms with Crippen molar-refractivity contribution in [1.29, 1.82) is 0 Å². The fourth-order valence-electron chi connectivity index (χ4n) is 6.37. The van der Waals surface area contributed by atoms with Crippen molar-refractivity contribution in [2.75, 3.05) is 5.73 Å². The molecule has 3 aromatic heterocycles. The van der Waals surface area contributed by atoms with Crippen LogP contribution < -0.4 is 11.1 Å². The average molecular weight is 491 g/mol. The van der Waals surface area contributed by atoms with Gasteiger partial charge in [-0.15, -0.1) is 0 Å². The highest BCUT2D eigenvalue weighted by Gasteiger charge is 2.35. The van der Waals surface area contributed by atoms with Gasteiger partial charge in [0.2, 0.25) is 0 Å². The SMILES string of the molecule is Nc1nccn2c(C3CC(NC4CCCCC4)C3)nc(-c3ccc4ccc(C5=CCCC=C5)nc4c3)c12. The zero-order chi connectivity index (χ0) is 24.8. The average Bonchev–Trinajstić information content (AvgIpc) is 3.31. The molecule has 0 saturated heterocycles. The number of allylic oxidation sites excluding steroid dienone is 4. The molecule has 0 aliphatic heterocycles. The lowest BCUT2D eigenvalue weighted by Gasteiger charge is -2.38. The first-order chi connectivity index (χ1) is 18.2. The number of nitrogen functional groups attached to an aromatic ring is 1. The van der Waals surface area contributed by atoms with Gasteiger partial charge in [0.15, 0.2) is 0 Å².